The Hall–Kier alpha value is -1.84. The zero-order valence-electron chi connectivity index (χ0n) is 11.1. The van der Waals surface area contributed by atoms with Gasteiger partial charge in [0, 0.05) is 6.54 Å². The molecule has 1 aromatic carbocycles. The van der Waals surface area contributed by atoms with Crippen molar-refractivity contribution >= 4 is 11.9 Å². The molecule has 19 heavy (non-hydrogen) atoms. The topological polar surface area (TPSA) is 57.6 Å². The van der Waals surface area contributed by atoms with E-state index in [4.69, 9.17) is 0 Å². The van der Waals surface area contributed by atoms with E-state index in [-0.39, 0.29) is 12.3 Å². The number of aryl methyl sites for hydroxylation is 1. The molecule has 4 nitrogen and oxygen atoms in total. The molecule has 0 radical (unpaired) electrons. The lowest BCUT2D eigenvalue weighted by molar-refractivity contribution is -0.151. The molecule has 1 unspecified atom stereocenters. The van der Waals surface area contributed by atoms with Crippen LogP contribution in [-0.2, 0) is 16.0 Å². The van der Waals surface area contributed by atoms with Gasteiger partial charge in [0.15, 0.2) is 0 Å². The van der Waals surface area contributed by atoms with E-state index >= 15 is 0 Å². The summed E-state index contributed by atoms with van der Waals surface area (Å²) in [4.78, 5) is 25.0. The van der Waals surface area contributed by atoms with E-state index in [2.05, 4.69) is 0 Å². The number of hydrogen-bond acceptors (Lipinski definition) is 2. The van der Waals surface area contributed by atoms with E-state index < -0.39 is 12.0 Å². The highest BCUT2D eigenvalue weighted by molar-refractivity contribution is 5.85. The second kappa shape index (κ2) is 5.87. The van der Waals surface area contributed by atoms with Crippen molar-refractivity contribution in [2.45, 2.75) is 38.6 Å². The maximum Gasteiger partial charge on any atom is 0.326 e. The summed E-state index contributed by atoms with van der Waals surface area (Å²) >= 11 is 0. The van der Waals surface area contributed by atoms with Gasteiger partial charge in [0.25, 0.3) is 0 Å². The van der Waals surface area contributed by atoms with E-state index in [1.54, 1.807) is 0 Å². The number of piperidine rings is 1. The molecular formula is C15H19NO3. The van der Waals surface area contributed by atoms with E-state index in [9.17, 15) is 14.7 Å². The standard InChI is InChI=1S/C15H19NO3/c1-11-5-4-6-12(9-11)10-14(17)16-8-3-2-7-13(16)15(18)19/h4-6,9,13H,2-3,7-8,10H2,1H3,(H,18,19). The maximum atomic E-state index is 12.3. The number of nitrogens with zero attached hydrogens (tertiary/aromatic N) is 1. The molecule has 4 heteroatoms. The number of likely N-dealkylation sites (tertiary alicyclic amines) is 1. The molecule has 0 spiro atoms. The van der Waals surface area contributed by atoms with Crippen LogP contribution in [-0.4, -0.2) is 34.5 Å². The lowest BCUT2D eigenvalue weighted by atomic mass is 10.0. The summed E-state index contributed by atoms with van der Waals surface area (Å²) in [7, 11) is 0. The van der Waals surface area contributed by atoms with Gasteiger partial charge in [-0.25, -0.2) is 4.79 Å². The fraction of sp³-hybridized carbons (Fsp3) is 0.467. The monoisotopic (exact) mass is 261 g/mol. The Morgan fingerprint density at radius 1 is 1.37 bits per heavy atom. The molecule has 1 aliphatic heterocycles. The summed E-state index contributed by atoms with van der Waals surface area (Å²) in [6.45, 7) is 2.54. The van der Waals surface area contributed by atoms with Crippen molar-refractivity contribution < 1.29 is 14.7 Å². The zero-order valence-corrected chi connectivity index (χ0v) is 11.1. The Morgan fingerprint density at radius 2 is 2.16 bits per heavy atom. The minimum atomic E-state index is -0.891. The van der Waals surface area contributed by atoms with Crippen LogP contribution >= 0.6 is 0 Å². The molecular weight excluding hydrogens is 242 g/mol. The third-order valence-corrected chi connectivity index (χ3v) is 3.55. The maximum absolute atomic E-state index is 12.3. The summed E-state index contributed by atoms with van der Waals surface area (Å²) in [5.74, 6) is -0.977. The number of carbonyl (C=O) groups excluding carboxylic acids is 1. The van der Waals surface area contributed by atoms with Gasteiger partial charge in [-0.05, 0) is 31.7 Å². The van der Waals surface area contributed by atoms with Crippen LogP contribution in [0.5, 0.6) is 0 Å². The zero-order chi connectivity index (χ0) is 13.8. The molecule has 1 atom stereocenters. The highest BCUT2D eigenvalue weighted by Gasteiger charge is 2.31. The molecule has 1 aromatic rings. The van der Waals surface area contributed by atoms with Crippen molar-refractivity contribution in [3.8, 4) is 0 Å². The van der Waals surface area contributed by atoms with Gasteiger partial charge in [0.2, 0.25) is 5.91 Å². The Bertz CT molecular complexity index is 484. The fourth-order valence-electron chi connectivity index (χ4n) is 2.59. The Balaban J connectivity index is 2.07. The van der Waals surface area contributed by atoms with Crippen molar-refractivity contribution in [1.82, 2.24) is 4.90 Å². The quantitative estimate of drug-likeness (QED) is 0.905. The number of carboxylic acid groups (broad SMARTS) is 1. The summed E-state index contributed by atoms with van der Waals surface area (Å²) in [6.07, 6.45) is 2.62. The van der Waals surface area contributed by atoms with Crippen LogP contribution in [0.3, 0.4) is 0 Å². The number of hydrogen-bond donors (Lipinski definition) is 1. The minimum Gasteiger partial charge on any atom is -0.480 e. The highest BCUT2D eigenvalue weighted by Crippen LogP contribution is 2.18. The lowest BCUT2D eigenvalue weighted by Gasteiger charge is -2.33. The van der Waals surface area contributed by atoms with Crippen molar-refractivity contribution in [2.24, 2.45) is 0 Å². The number of aliphatic carboxylic acids is 1. The third kappa shape index (κ3) is 3.34. The molecule has 1 fully saturated rings. The summed E-state index contributed by atoms with van der Waals surface area (Å²) in [5, 5.41) is 9.17. The van der Waals surface area contributed by atoms with Gasteiger partial charge < -0.3 is 10.0 Å². The second-order valence-corrected chi connectivity index (χ2v) is 5.10. The van der Waals surface area contributed by atoms with Gasteiger partial charge in [-0.2, -0.15) is 0 Å². The summed E-state index contributed by atoms with van der Waals surface area (Å²) < 4.78 is 0. The first kappa shape index (κ1) is 13.6. The average molecular weight is 261 g/mol. The molecule has 1 aliphatic rings. The number of amides is 1. The lowest BCUT2D eigenvalue weighted by Crippen LogP contribution is -2.48. The molecule has 0 aromatic heterocycles. The van der Waals surface area contributed by atoms with E-state index in [0.717, 1.165) is 24.0 Å². The van der Waals surface area contributed by atoms with E-state index in [1.165, 1.54) is 4.90 Å². The second-order valence-electron chi connectivity index (χ2n) is 5.10. The molecule has 2 rings (SSSR count). The molecule has 1 amide bonds. The van der Waals surface area contributed by atoms with Crippen molar-refractivity contribution in [1.29, 1.82) is 0 Å². The van der Waals surface area contributed by atoms with Crippen LogP contribution in [0.25, 0.3) is 0 Å². The van der Waals surface area contributed by atoms with Crippen molar-refractivity contribution in [3.63, 3.8) is 0 Å². The van der Waals surface area contributed by atoms with E-state index in [0.29, 0.717) is 13.0 Å². The predicted molar refractivity (Wildman–Crippen MR) is 71.9 cm³/mol. The molecule has 1 saturated heterocycles. The first-order chi connectivity index (χ1) is 9.08. The van der Waals surface area contributed by atoms with Crippen LogP contribution < -0.4 is 0 Å². The van der Waals surface area contributed by atoms with Gasteiger partial charge in [-0.3, -0.25) is 4.79 Å². The Morgan fingerprint density at radius 3 is 2.84 bits per heavy atom. The first-order valence-corrected chi connectivity index (χ1v) is 6.66. The van der Waals surface area contributed by atoms with Crippen LogP contribution in [0.2, 0.25) is 0 Å². The minimum absolute atomic E-state index is 0.0855. The molecule has 0 aliphatic carbocycles. The van der Waals surface area contributed by atoms with Gasteiger partial charge >= 0.3 is 5.97 Å². The predicted octanol–water partition coefficient (Wildman–Crippen LogP) is 2.00. The highest BCUT2D eigenvalue weighted by atomic mass is 16.4. The number of benzene rings is 1. The molecule has 1 heterocycles. The number of carboxylic acids is 1. The molecule has 102 valence electrons. The number of rotatable bonds is 3. The SMILES string of the molecule is Cc1cccc(CC(=O)N2CCCCC2C(=O)O)c1. The normalized spacial score (nSPS) is 19.2. The molecule has 0 bridgehead atoms. The smallest absolute Gasteiger partial charge is 0.326 e. The first-order valence-electron chi connectivity index (χ1n) is 6.66. The van der Waals surface area contributed by atoms with Crippen LogP contribution in [0.15, 0.2) is 24.3 Å². The van der Waals surface area contributed by atoms with E-state index in [1.807, 2.05) is 31.2 Å². The largest absolute Gasteiger partial charge is 0.480 e. The summed E-state index contributed by atoms with van der Waals surface area (Å²) in [6, 6.07) is 7.13. The number of carbonyl (C=O) groups is 2. The van der Waals surface area contributed by atoms with Crippen LogP contribution in [0.4, 0.5) is 0 Å². The fourth-order valence-corrected chi connectivity index (χ4v) is 2.59. The van der Waals surface area contributed by atoms with Crippen molar-refractivity contribution in [2.75, 3.05) is 6.54 Å². The van der Waals surface area contributed by atoms with Crippen molar-refractivity contribution in [3.05, 3.63) is 35.4 Å². The summed E-state index contributed by atoms with van der Waals surface area (Å²) in [5.41, 5.74) is 2.05. The van der Waals surface area contributed by atoms with Gasteiger partial charge in [-0.1, -0.05) is 29.8 Å². The van der Waals surface area contributed by atoms with Crippen LogP contribution in [0, 0.1) is 6.92 Å². The Labute approximate surface area is 113 Å². The third-order valence-electron chi connectivity index (χ3n) is 3.55. The molecule has 1 N–H and O–H groups in total. The Kier molecular flexibility index (Phi) is 4.20. The van der Waals surface area contributed by atoms with Gasteiger partial charge in [0.1, 0.15) is 6.04 Å². The van der Waals surface area contributed by atoms with Crippen LogP contribution in [0.1, 0.15) is 30.4 Å². The average Bonchev–Trinajstić information content (AvgIpc) is 2.38. The van der Waals surface area contributed by atoms with Gasteiger partial charge in [0.05, 0.1) is 6.42 Å². The van der Waals surface area contributed by atoms with Gasteiger partial charge in [-0.15, -0.1) is 0 Å². The molecule has 0 saturated carbocycles.